The van der Waals surface area contributed by atoms with Gasteiger partial charge in [0.25, 0.3) is 10.0 Å². The number of aryl methyl sites for hydroxylation is 2. The van der Waals surface area contributed by atoms with Crippen molar-refractivity contribution in [3.63, 3.8) is 0 Å². The fourth-order valence-electron chi connectivity index (χ4n) is 3.53. The SMILES string of the molecule is Cc1nc(Oc2cc(F)c(NS(=O)(=O)C(F)F)cc2C)c(-c2ccnc(N[C@@H]3CNC[C@@H](F)C3)n2)s1. The molecule has 194 valence electrons. The maximum atomic E-state index is 14.5. The van der Waals surface area contributed by atoms with E-state index in [0.717, 1.165) is 12.1 Å². The Labute approximate surface area is 208 Å². The monoisotopic (exact) mass is 546 g/mol. The Morgan fingerprint density at radius 2 is 2.00 bits per heavy atom. The quantitative estimate of drug-likeness (QED) is 0.360. The molecule has 1 aliphatic rings. The van der Waals surface area contributed by atoms with Gasteiger partial charge in [0.05, 0.1) is 16.4 Å². The van der Waals surface area contributed by atoms with Gasteiger partial charge in [-0.3, -0.25) is 4.72 Å². The third kappa shape index (κ3) is 6.02. The number of nitrogens with one attached hydrogen (secondary N) is 3. The van der Waals surface area contributed by atoms with Crippen LogP contribution in [0, 0.1) is 19.7 Å². The number of alkyl halides is 3. The summed E-state index contributed by atoms with van der Waals surface area (Å²) in [5, 5.41) is 6.73. The van der Waals surface area contributed by atoms with E-state index in [2.05, 4.69) is 25.6 Å². The van der Waals surface area contributed by atoms with Gasteiger partial charge in [0.15, 0.2) is 5.82 Å². The number of benzene rings is 1. The van der Waals surface area contributed by atoms with Crippen LogP contribution in [-0.4, -0.2) is 54.4 Å². The molecule has 4 rings (SSSR count). The number of thiazole rings is 1. The van der Waals surface area contributed by atoms with Crippen molar-refractivity contribution in [2.75, 3.05) is 23.1 Å². The number of nitrogens with zero attached hydrogens (tertiary/aromatic N) is 3. The van der Waals surface area contributed by atoms with E-state index in [1.165, 1.54) is 29.2 Å². The highest BCUT2D eigenvalue weighted by molar-refractivity contribution is 7.93. The molecule has 2 aromatic heterocycles. The van der Waals surface area contributed by atoms with Crippen molar-refractivity contribution >= 4 is 33.0 Å². The normalized spacial score (nSPS) is 18.3. The molecular formula is C21H22F4N6O3S2. The van der Waals surface area contributed by atoms with Crippen molar-refractivity contribution in [1.29, 1.82) is 0 Å². The number of rotatable bonds is 8. The minimum atomic E-state index is -5.04. The first-order valence-electron chi connectivity index (χ1n) is 10.7. The summed E-state index contributed by atoms with van der Waals surface area (Å²) < 4.78 is 83.7. The molecule has 3 aromatic rings. The summed E-state index contributed by atoms with van der Waals surface area (Å²) in [4.78, 5) is 13.5. The number of sulfonamides is 1. The molecule has 0 amide bonds. The van der Waals surface area contributed by atoms with Gasteiger partial charge in [0, 0.05) is 37.8 Å². The summed E-state index contributed by atoms with van der Waals surface area (Å²) in [7, 11) is -5.04. The van der Waals surface area contributed by atoms with E-state index in [0.29, 0.717) is 41.0 Å². The van der Waals surface area contributed by atoms with Crippen molar-refractivity contribution in [3.8, 4) is 22.2 Å². The molecule has 2 atom stereocenters. The summed E-state index contributed by atoms with van der Waals surface area (Å²) in [5.74, 6) is -4.39. The Bertz CT molecular complexity index is 1360. The number of aromatic nitrogens is 3. The van der Waals surface area contributed by atoms with E-state index in [4.69, 9.17) is 4.74 Å². The number of halogens is 4. The van der Waals surface area contributed by atoms with Crippen molar-refractivity contribution < 1.29 is 30.7 Å². The molecule has 9 nitrogen and oxygen atoms in total. The molecule has 0 radical (unpaired) electrons. The molecule has 36 heavy (non-hydrogen) atoms. The van der Waals surface area contributed by atoms with Crippen LogP contribution in [0.3, 0.4) is 0 Å². The highest BCUT2D eigenvalue weighted by atomic mass is 32.2. The predicted molar refractivity (Wildman–Crippen MR) is 127 cm³/mol. The van der Waals surface area contributed by atoms with Gasteiger partial charge in [-0.25, -0.2) is 32.2 Å². The topological polar surface area (TPSA) is 118 Å². The average Bonchev–Trinajstić information content (AvgIpc) is 3.17. The molecular weight excluding hydrogens is 524 g/mol. The van der Waals surface area contributed by atoms with Crippen LogP contribution < -0.4 is 20.1 Å². The Balaban J connectivity index is 1.58. The van der Waals surface area contributed by atoms with Crippen LogP contribution in [-0.2, 0) is 10.0 Å². The van der Waals surface area contributed by atoms with Crippen LogP contribution in [0.1, 0.15) is 17.0 Å². The van der Waals surface area contributed by atoms with Crippen LogP contribution in [0.4, 0.5) is 29.2 Å². The van der Waals surface area contributed by atoms with E-state index in [1.807, 2.05) is 0 Å². The second-order valence-electron chi connectivity index (χ2n) is 8.07. The Morgan fingerprint density at radius 1 is 1.22 bits per heavy atom. The van der Waals surface area contributed by atoms with Crippen LogP contribution in [0.2, 0.25) is 0 Å². The molecule has 1 aliphatic heterocycles. The summed E-state index contributed by atoms with van der Waals surface area (Å²) in [6.07, 6.45) is 0.883. The molecule has 0 aliphatic carbocycles. The van der Waals surface area contributed by atoms with Crippen molar-refractivity contribution in [2.45, 2.75) is 38.2 Å². The van der Waals surface area contributed by atoms with Gasteiger partial charge in [0.1, 0.15) is 16.8 Å². The Hall–Kier alpha value is -3.04. The van der Waals surface area contributed by atoms with Gasteiger partial charge in [-0.2, -0.15) is 8.78 Å². The molecule has 0 bridgehead atoms. The van der Waals surface area contributed by atoms with Crippen LogP contribution >= 0.6 is 11.3 Å². The smallest absolute Gasteiger partial charge is 0.355 e. The molecule has 0 spiro atoms. The lowest BCUT2D eigenvalue weighted by Gasteiger charge is -2.26. The number of anilines is 2. The predicted octanol–water partition coefficient (Wildman–Crippen LogP) is 4.22. The first kappa shape index (κ1) is 26.0. The lowest BCUT2D eigenvalue weighted by atomic mass is 10.1. The van der Waals surface area contributed by atoms with E-state index in [1.54, 1.807) is 13.0 Å². The summed E-state index contributed by atoms with van der Waals surface area (Å²) in [6, 6.07) is 3.38. The minimum absolute atomic E-state index is 0.00807. The van der Waals surface area contributed by atoms with E-state index < -0.39 is 33.5 Å². The highest BCUT2D eigenvalue weighted by Gasteiger charge is 2.26. The number of hydrogen-bond acceptors (Lipinski definition) is 9. The molecule has 3 heterocycles. The van der Waals surface area contributed by atoms with Crippen molar-refractivity contribution in [2.24, 2.45) is 0 Å². The highest BCUT2D eigenvalue weighted by Crippen LogP contribution is 2.39. The van der Waals surface area contributed by atoms with Gasteiger partial charge < -0.3 is 15.4 Å². The van der Waals surface area contributed by atoms with Gasteiger partial charge >= 0.3 is 5.76 Å². The molecule has 0 unspecified atom stereocenters. The van der Waals surface area contributed by atoms with Crippen LogP contribution in [0.5, 0.6) is 11.6 Å². The largest absolute Gasteiger partial charge is 0.437 e. The third-order valence-corrected chi connectivity index (χ3v) is 7.13. The Kier molecular flexibility index (Phi) is 7.61. The lowest BCUT2D eigenvalue weighted by Crippen LogP contribution is -2.44. The van der Waals surface area contributed by atoms with E-state index in [9.17, 15) is 26.0 Å². The Morgan fingerprint density at radius 3 is 2.72 bits per heavy atom. The maximum Gasteiger partial charge on any atom is 0.355 e. The van der Waals surface area contributed by atoms with Crippen molar-refractivity contribution in [3.05, 3.63) is 40.8 Å². The molecule has 3 N–H and O–H groups in total. The fourth-order valence-corrected chi connectivity index (χ4v) is 4.90. The molecule has 15 heteroatoms. The van der Waals surface area contributed by atoms with Crippen molar-refractivity contribution in [1.82, 2.24) is 20.3 Å². The summed E-state index contributed by atoms with van der Waals surface area (Å²) in [5.41, 5.74) is 0.109. The molecule has 1 fully saturated rings. The fraction of sp³-hybridized carbons (Fsp3) is 0.381. The first-order chi connectivity index (χ1) is 17.0. The molecule has 1 aromatic carbocycles. The van der Waals surface area contributed by atoms with Gasteiger partial charge in [-0.05, 0) is 31.5 Å². The number of ether oxygens (including phenoxy) is 1. The summed E-state index contributed by atoms with van der Waals surface area (Å²) in [6.45, 7) is 4.11. The zero-order valence-electron chi connectivity index (χ0n) is 19.1. The van der Waals surface area contributed by atoms with Gasteiger partial charge in [-0.1, -0.05) is 0 Å². The second-order valence-corrected chi connectivity index (χ2v) is 10.9. The third-order valence-electron chi connectivity index (χ3n) is 5.18. The number of hydrogen-bond donors (Lipinski definition) is 3. The molecule has 1 saturated heterocycles. The van der Waals surface area contributed by atoms with Gasteiger partial charge in [-0.15, -0.1) is 11.3 Å². The minimum Gasteiger partial charge on any atom is -0.437 e. The first-order valence-corrected chi connectivity index (χ1v) is 13.1. The maximum absolute atomic E-state index is 14.5. The second kappa shape index (κ2) is 10.5. The zero-order valence-corrected chi connectivity index (χ0v) is 20.7. The number of piperidine rings is 1. The average molecular weight is 547 g/mol. The lowest BCUT2D eigenvalue weighted by molar-refractivity contribution is 0.236. The van der Waals surface area contributed by atoms with E-state index in [-0.39, 0.29) is 23.2 Å². The van der Waals surface area contributed by atoms with Crippen LogP contribution in [0.15, 0.2) is 24.4 Å². The van der Waals surface area contributed by atoms with Crippen LogP contribution in [0.25, 0.3) is 10.6 Å². The standard InChI is InChI=1S/C21H22F4N6O3S2/c1-10-5-16(31-36(32,33)20(24)25)14(23)7-17(10)34-19-18(35-11(2)28-19)15-3-4-27-21(30-15)29-13-6-12(22)8-26-9-13/h3-5,7,12-13,20,26,31H,6,8-9H2,1-2H3,(H,27,29,30)/t12-,13-/m0/s1. The van der Waals surface area contributed by atoms with Gasteiger partial charge in [0.2, 0.25) is 11.8 Å². The summed E-state index contributed by atoms with van der Waals surface area (Å²) >= 11 is 1.27. The van der Waals surface area contributed by atoms with E-state index >= 15 is 0 Å². The zero-order chi connectivity index (χ0) is 26.0. The molecule has 0 saturated carbocycles.